The lowest BCUT2D eigenvalue weighted by molar-refractivity contribution is -0.144. The van der Waals surface area contributed by atoms with Crippen LogP contribution in [0.15, 0.2) is 24.3 Å². The minimum absolute atomic E-state index is 0.306. The number of hydrogen-bond donors (Lipinski definition) is 1. The molecule has 5 heteroatoms. The molecule has 18 heavy (non-hydrogen) atoms. The highest BCUT2D eigenvalue weighted by Gasteiger charge is 2.20. The zero-order valence-electron chi connectivity index (χ0n) is 10.3. The van der Waals surface area contributed by atoms with Gasteiger partial charge in [-0.05, 0) is 26.0 Å². The number of H-pyrrole nitrogens is 1. The number of nitrogens with one attached hydrogen (secondary N) is 1. The molecule has 0 spiro atoms. The van der Waals surface area contributed by atoms with Crippen molar-refractivity contribution in [2.75, 3.05) is 6.61 Å². The van der Waals surface area contributed by atoms with E-state index in [0.717, 1.165) is 11.0 Å². The van der Waals surface area contributed by atoms with Crippen LogP contribution < -0.4 is 0 Å². The molecule has 1 atom stereocenters. The number of hydrogen-bond acceptors (Lipinski definition) is 4. The molecule has 0 aliphatic heterocycles. The standard InChI is InChI=1S/C13H14N2O2S/c1-3-17-13(16)8(2)11-12(18)15-10-7-5-4-6-9(10)14-11/h4-8H,3H2,1-2H3,(H,15,18). The van der Waals surface area contributed by atoms with Crippen molar-refractivity contribution in [1.29, 1.82) is 0 Å². The van der Waals surface area contributed by atoms with E-state index in [4.69, 9.17) is 17.0 Å². The molecule has 1 aromatic carbocycles. The molecule has 0 saturated carbocycles. The first kappa shape index (κ1) is 12.7. The van der Waals surface area contributed by atoms with Crippen molar-refractivity contribution in [2.45, 2.75) is 19.8 Å². The summed E-state index contributed by atoms with van der Waals surface area (Å²) in [5, 5.41) is 0. The topological polar surface area (TPSA) is 55.0 Å². The second-order valence-corrected chi connectivity index (χ2v) is 4.35. The van der Waals surface area contributed by atoms with E-state index < -0.39 is 5.92 Å². The molecule has 2 aromatic rings. The maximum Gasteiger partial charge on any atom is 0.314 e. The third-order valence-corrected chi connectivity index (χ3v) is 2.99. The number of fused-ring (bicyclic) bond motifs is 1. The first-order valence-electron chi connectivity index (χ1n) is 5.79. The largest absolute Gasteiger partial charge is 0.465 e. The summed E-state index contributed by atoms with van der Waals surface area (Å²) in [6.07, 6.45) is 0. The molecule has 0 aliphatic carbocycles. The highest BCUT2D eigenvalue weighted by molar-refractivity contribution is 7.71. The first-order chi connectivity index (χ1) is 8.63. The Morgan fingerprint density at radius 2 is 2.22 bits per heavy atom. The van der Waals surface area contributed by atoms with Crippen molar-refractivity contribution in [3.05, 3.63) is 34.6 Å². The number of benzene rings is 1. The summed E-state index contributed by atoms with van der Waals surface area (Å²) in [4.78, 5) is 19.2. The maximum absolute atomic E-state index is 11.7. The van der Waals surface area contributed by atoms with Crippen molar-refractivity contribution < 1.29 is 9.53 Å². The van der Waals surface area contributed by atoms with Gasteiger partial charge in [-0.3, -0.25) is 4.79 Å². The summed E-state index contributed by atoms with van der Waals surface area (Å²) in [6, 6.07) is 7.58. The molecule has 1 unspecified atom stereocenters. The van der Waals surface area contributed by atoms with Gasteiger partial charge in [0.1, 0.15) is 4.64 Å². The monoisotopic (exact) mass is 262 g/mol. The average Bonchev–Trinajstić information content (AvgIpc) is 2.37. The molecule has 4 nitrogen and oxygen atoms in total. The van der Waals surface area contributed by atoms with Gasteiger partial charge in [0.15, 0.2) is 0 Å². The Morgan fingerprint density at radius 1 is 1.50 bits per heavy atom. The summed E-state index contributed by atoms with van der Waals surface area (Å²) in [7, 11) is 0. The lowest BCUT2D eigenvalue weighted by Crippen LogP contribution is -2.15. The molecular formula is C13H14N2O2S. The number of nitrogens with zero attached hydrogens (tertiary/aromatic N) is 1. The Kier molecular flexibility index (Phi) is 3.72. The van der Waals surface area contributed by atoms with Gasteiger partial charge in [-0.15, -0.1) is 0 Å². The molecule has 0 bridgehead atoms. The van der Waals surface area contributed by atoms with Gasteiger partial charge in [-0.1, -0.05) is 24.4 Å². The maximum atomic E-state index is 11.7. The fourth-order valence-electron chi connectivity index (χ4n) is 1.72. The summed E-state index contributed by atoms with van der Waals surface area (Å²) in [5.74, 6) is -0.766. The molecule has 2 rings (SSSR count). The number of carbonyl (C=O) groups is 1. The highest BCUT2D eigenvalue weighted by atomic mass is 32.1. The molecule has 0 fully saturated rings. The van der Waals surface area contributed by atoms with E-state index in [1.54, 1.807) is 13.8 Å². The van der Waals surface area contributed by atoms with E-state index in [1.807, 2.05) is 24.3 Å². The minimum Gasteiger partial charge on any atom is -0.465 e. The van der Waals surface area contributed by atoms with E-state index in [2.05, 4.69) is 9.97 Å². The van der Waals surface area contributed by atoms with E-state index in [-0.39, 0.29) is 5.97 Å². The van der Waals surface area contributed by atoms with Gasteiger partial charge in [0.2, 0.25) is 0 Å². The number of ether oxygens (including phenoxy) is 1. The van der Waals surface area contributed by atoms with Crippen LogP contribution in [0.3, 0.4) is 0 Å². The summed E-state index contributed by atoms with van der Waals surface area (Å²) < 4.78 is 5.47. The molecule has 1 heterocycles. The van der Waals surface area contributed by atoms with E-state index >= 15 is 0 Å². The Labute approximate surface area is 110 Å². The van der Waals surface area contributed by atoms with Gasteiger partial charge in [0, 0.05) is 0 Å². The quantitative estimate of drug-likeness (QED) is 0.682. The minimum atomic E-state index is -0.460. The van der Waals surface area contributed by atoms with Gasteiger partial charge >= 0.3 is 5.97 Å². The third-order valence-electron chi connectivity index (χ3n) is 2.68. The Bertz CT molecular complexity index is 636. The average molecular weight is 262 g/mol. The molecule has 0 aliphatic rings. The van der Waals surface area contributed by atoms with Gasteiger partial charge in [-0.2, -0.15) is 0 Å². The van der Waals surface area contributed by atoms with Crippen molar-refractivity contribution in [3.8, 4) is 0 Å². The van der Waals surface area contributed by atoms with E-state index in [0.29, 0.717) is 16.9 Å². The van der Waals surface area contributed by atoms with Crippen LogP contribution in [0.4, 0.5) is 0 Å². The van der Waals surface area contributed by atoms with Crippen LogP contribution >= 0.6 is 12.2 Å². The van der Waals surface area contributed by atoms with Crippen LogP contribution in [0.25, 0.3) is 11.0 Å². The summed E-state index contributed by atoms with van der Waals surface area (Å²) in [6.45, 7) is 3.88. The fraction of sp³-hybridized carbons (Fsp3) is 0.308. The van der Waals surface area contributed by atoms with Crippen LogP contribution in [0, 0.1) is 4.64 Å². The number of carbonyl (C=O) groups excluding carboxylic acids is 1. The Balaban J connectivity index is 2.47. The predicted molar refractivity (Wildman–Crippen MR) is 72.0 cm³/mol. The number of aromatic amines is 1. The SMILES string of the molecule is CCOC(=O)C(C)c1nc2ccccc2[nH]c1=S. The van der Waals surface area contributed by atoms with Crippen LogP contribution in [0.5, 0.6) is 0 Å². The molecule has 0 amide bonds. The van der Waals surface area contributed by atoms with E-state index in [9.17, 15) is 4.79 Å². The van der Waals surface area contributed by atoms with Crippen LogP contribution in [-0.2, 0) is 9.53 Å². The normalized spacial score (nSPS) is 12.3. The summed E-state index contributed by atoms with van der Waals surface area (Å²) >= 11 is 5.23. The Morgan fingerprint density at radius 3 is 2.94 bits per heavy atom. The number of esters is 1. The number of aromatic nitrogens is 2. The zero-order valence-corrected chi connectivity index (χ0v) is 11.1. The van der Waals surface area contributed by atoms with Crippen LogP contribution in [0.1, 0.15) is 25.5 Å². The number of rotatable bonds is 3. The van der Waals surface area contributed by atoms with E-state index in [1.165, 1.54) is 0 Å². The summed E-state index contributed by atoms with van der Waals surface area (Å²) in [5.41, 5.74) is 2.21. The second-order valence-electron chi connectivity index (χ2n) is 3.94. The predicted octanol–water partition coefficient (Wildman–Crippen LogP) is 2.96. The van der Waals surface area contributed by atoms with Gasteiger partial charge in [-0.25, -0.2) is 4.98 Å². The van der Waals surface area contributed by atoms with Crippen molar-refractivity contribution >= 4 is 29.2 Å². The van der Waals surface area contributed by atoms with Crippen molar-refractivity contribution in [2.24, 2.45) is 0 Å². The van der Waals surface area contributed by atoms with Crippen LogP contribution in [0.2, 0.25) is 0 Å². The molecule has 1 N–H and O–H groups in total. The molecule has 0 saturated heterocycles. The van der Waals surface area contributed by atoms with Crippen molar-refractivity contribution in [1.82, 2.24) is 9.97 Å². The van der Waals surface area contributed by atoms with Gasteiger partial charge in [0.25, 0.3) is 0 Å². The fourth-order valence-corrected chi connectivity index (χ4v) is 2.05. The molecular weight excluding hydrogens is 248 g/mol. The van der Waals surface area contributed by atoms with Gasteiger partial charge < -0.3 is 9.72 Å². The Hall–Kier alpha value is -1.75. The smallest absolute Gasteiger partial charge is 0.314 e. The zero-order chi connectivity index (χ0) is 13.1. The highest BCUT2D eigenvalue weighted by Crippen LogP contribution is 2.18. The molecule has 94 valence electrons. The van der Waals surface area contributed by atoms with Crippen LogP contribution in [-0.4, -0.2) is 22.5 Å². The molecule has 0 radical (unpaired) electrons. The number of para-hydroxylation sites is 2. The third kappa shape index (κ3) is 2.41. The first-order valence-corrected chi connectivity index (χ1v) is 6.20. The lowest BCUT2D eigenvalue weighted by atomic mass is 10.1. The molecule has 1 aromatic heterocycles. The second kappa shape index (κ2) is 5.27. The van der Waals surface area contributed by atoms with Gasteiger partial charge in [0.05, 0.1) is 29.3 Å². The lowest BCUT2D eigenvalue weighted by Gasteiger charge is -2.10. The van der Waals surface area contributed by atoms with Crippen molar-refractivity contribution in [3.63, 3.8) is 0 Å².